The second kappa shape index (κ2) is 7.60. The lowest BCUT2D eigenvalue weighted by Crippen LogP contribution is -2.36. The zero-order chi connectivity index (χ0) is 22.5. The number of hydrogen-bond acceptors (Lipinski definition) is 5. The minimum Gasteiger partial charge on any atom is -0.342 e. The Balaban J connectivity index is 1.65. The van der Waals surface area contributed by atoms with Crippen LogP contribution in [0.1, 0.15) is 38.3 Å². The molecule has 0 radical (unpaired) electrons. The van der Waals surface area contributed by atoms with Crippen LogP contribution in [0.3, 0.4) is 0 Å². The lowest BCUT2D eigenvalue weighted by atomic mass is 9.73. The Hall–Kier alpha value is -3.45. The number of benzene rings is 2. The van der Waals surface area contributed by atoms with Crippen LogP contribution in [0, 0.1) is 5.41 Å². The van der Waals surface area contributed by atoms with Crippen molar-refractivity contribution in [3.8, 4) is 0 Å². The lowest BCUT2D eigenvalue weighted by molar-refractivity contribution is -0.118. The largest absolute Gasteiger partial charge is 0.342 e. The number of anilines is 1. The van der Waals surface area contributed by atoms with E-state index in [1.165, 1.54) is 0 Å². The number of allylic oxidation sites excluding steroid dienone is 2. The van der Waals surface area contributed by atoms with E-state index in [0.29, 0.717) is 34.9 Å². The van der Waals surface area contributed by atoms with Gasteiger partial charge in [0.2, 0.25) is 0 Å². The third-order valence-electron chi connectivity index (χ3n) is 5.83. The van der Waals surface area contributed by atoms with Crippen LogP contribution in [-0.2, 0) is 4.79 Å². The van der Waals surface area contributed by atoms with Crippen molar-refractivity contribution in [2.75, 3.05) is 5.32 Å². The highest BCUT2D eigenvalue weighted by Crippen LogP contribution is 2.46. The van der Waals surface area contributed by atoms with Crippen LogP contribution in [0.4, 0.5) is 17.2 Å². The number of carbonyl (C=O) groups excluding carboxylic acids is 1. The summed E-state index contributed by atoms with van der Waals surface area (Å²) in [4.78, 5) is 26.1. The van der Waals surface area contributed by atoms with Gasteiger partial charge in [-0.05, 0) is 41.7 Å². The van der Waals surface area contributed by atoms with Gasteiger partial charge in [0.15, 0.2) is 17.3 Å². The molecule has 0 spiro atoms. The molecule has 0 saturated heterocycles. The monoisotopic (exact) mass is 447 g/mol. The zero-order valence-electron chi connectivity index (χ0n) is 17.7. The fourth-order valence-corrected chi connectivity index (χ4v) is 4.57. The standard InChI is InChI=1S/C24H22ClN5O2/c1-24(2)12-17-19(18(31)13-24)21(14-6-4-3-5-7-14)30-22(26-17)20(23(32)29-30)28-27-16-10-8-15(25)9-11-16/h3-11,21,26H,12-13H2,1-2H3,(H,29,32). The van der Waals surface area contributed by atoms with E-state index in [2.05, 4.69) is 34.5 Å². The third kappa shape index (κ3) is 3.58. The smallest absolute Gasteiger partial charge is 0.294 e. The molecule has 2 heterocycles. The van der Waals surface area contributed by atoms with Crippen LogP contribution in [0.2, 0.25) is 5.02 Å². The number of rotatable bonds is 3. The summed E-state index contributed by atoms with van der Waals surface area (Å²) >= 11 is 5.93. The zero-order valence-corrected chi connectivity index (χ0v) is 18.5. The van der Waals surface area contributed by atoms with Gasteiger partial charge in [0.25, 0.3) is 5.56 Å². The van der Waals surface area contributed by atoms with Crippen LogP contribution in [0.25, 0.3) is 0 Å². The summed E-state index contributed by atoms with van der Waals surface area (Å²) in [7, 11) is 0. The number of carbonyl (C=O) groups is 1. The number of aromatic nitrogens is 2. The molecule has 5 rings (SSSR count). The predicted octanol–water partition coefficient (Wildman–Crippen LogP) is 5.90. The summed E-state index contributed by atoms with van der Waals surface area (Å²) in [6.07, 6.45) is 1.16. The first-order valence-corrected chi connectivity index (χ1v) is 10.8. The van der Waals surface area contributed by atoms with Crippen LogP contribution in [-0.4, -0.2) is 15.6 Å². The van der Waals surface area contributed by atoms with Gasteiger partial charge in [-0.15, -0.1) is 5.11 Å². The van der Waals surface area contributed by atoms with Crippen molar-refractivity contribution < 1.29 is 4.79 Å². The van der Waals surface area contributed by atoms with Gasteiger partial charge in [-0.2, -0.15) is 5.11 Å². The topological polar surface area (TPSA) is 91.6 Å². The predicted molar refractivity (Wildman–Crippen MR) is 124 cm³/mol. The third-order valence-corrected chi connectivity index (χ3v) is 6.08. The summed E-state index contributed by atoms with van der Waals surface area (Å²) in [5, 5.41) is 15.3. The minimum atomic E-state index is -0.432. The van der Waals surface area contributed by atoms with Gasteiger partial charge >= 0.3 is 0 Å². The second-order valence-corrected chi connectivity index (χ2v) is 9.39. The number of aromatic amines is 1. The van der Waals surface area contributed by atoms with Crippen molar-refractivity contribution >= 4 is 34.6 Å². The summed E-state index contributed by atoms with van der Waals surface area (Å²) < 4.78 is 1.70. The molecule has 0 fully saturated rings. The van der Waals surface area contributed by atoms with E-state index < -0.39 is 6.04 Å². The van der Waals surface area contributed by atoms with Gasteiger partial charge in [0, 0.05) is 22.7 Å². The summed E-state index contributed by atoms with van der Waals surface area (Å²) in [6, 6.07) is 16.2. The van der Waals surface area contributed by atoms with Gasteiger partial charge in [0.1, 0.15) is 6.04 Å². The molecular weight excluding hydrogens is 426 g/mol. The van der Waals surface area contributed by atoms with Crippen molar-refractivity contribution in [1.82, 2.24) is 9.78 Å². The molecule has 7 nitrogen and oxygen atoms in total. The maximum Gasteiger partial charge on any atom is 0.294 e. The molecule has 1 aromatic heterocycles. The Morgan fingerprint density at radius 3 is 2.44 bits per heavy atom. The van der Waals surface area contributed by atoms with E-state index in [0.717, 1.165) is 11.3 Å². The molecule has 2 aliphatic rings. The van der Waals surface area contributed by atoms with Crippen LogP contribution >= 0.6 is 11.6 Å². The van der Waals surface area contributed by atoms with Crippen molar-refractivity contribution in [3.05, 3.63) is 86.8 Å². The minimum absolute atomic E-state index is 0.0853. The first kappa shape index (κ1) is 20.5. The average Bonchev–Trinajstić information content (AvgIpc) is 3.06. The number of fused-ring (bicyclic) bond motifs is 1. The molecule has 162 valence electrons. The molecule has 0 amide bonds. The number of azo groups is 1. The number of H-pyrrole nitrogens is 1. The number of nitrogens with zero attached hydrogens (tertiary/aromatic N) is 3. The fraction of sp³-hybridized carbons (Fsp3) is 0.250. The van der Waals surface area contributed by atoms with E-state index in [4.69, 9.17) is 11.6 Å². The van der Waals surface area contributed by atoms with Gasteiger partial charge in [-0.1, -0.05) is 55.8 Å². The van der Waals surface area contributed by atoms with Crippen LogP contribution < -0.4 is 10.9 Å². The van der Waals surface area contributed by atoms with Crippen molar-refractivity contribution in [2.45, 2.75) is 32.7 Å². The van der Waals surface area contributed by atoms with E-state index >= 15 is 0 Å². The second-order valence-electron chi connectivity index (χ2n) is 8.96. The summed E-state index contributed by atoms with van der Waals surface area (Å²) in [5.74, 6) is 0.591. The van der Waals surface area contributed by atoms with Crippen molar-refractivity contribution in [3.63, 3.8) is 0 Å². The van der Waals surface area contributed by atoms with Gasteiger partial charge in [-0.25, -0.2) is 0 Å². The number of halogens is 1. The fourth-order valence-electron chi connectivity index (χ4n) is 4.45. The normalized spacial score (nSPS) is 19.6. The number of Topliss-reactive ketones (excluding diaryl/α,β-unsaturated/α-hetero) is 1. The van der Waals surface area contributed by atoms with Crippen LogP contribution in [0.15, 0.2) is 80.9 Å². The molecule has 1 atom stereocenters. The highest BCUT2D eigenvalue weighted by atomic mass is 35.5. The molecular formula is C24H22ClN5O2. The molecule has 32 heavy (non-hydrogen) atoms. The number of nitrogens with one attached hydrogen (secondary N) is 2. The Labute approximate surface area is 189 Å². The van der Waals surface area contributed by atoms with E-state index in [-0.39, 0.29) is 22.4 Å². The van der Waals surface area contributed by atoms with Crippen LogP contribution in [0.5, 0.6) is 0 Å². The average molecular weight is 448 g/mol. The molecule has 1 aliphatic carbocycles. The molecule has 8 heteroatoms. The molecule has 2 N–H and O–H groups in total. The Bertz CT molecular complexity index is 1320. The molecule has 1 aliphatic heterocycles. The molecule has 3 aromatic rings. The highest BCUT2D eigenvalue weighted by Gasteiger charge is 2.42. The lowest BCUT2D eigenvalue weighted by Gasteiger charge is -2.39. The molecule has 1 unspecified atom stereocenters. The Morgan fingerprint density at radius 1 is 1.00 bits per heavy atom. The molecule has 0 bridgehead atoms. The SMILES string of the molecule is CC1(C)CC(=O)C2=C(C1)Nc1c(N=Nc3ccc(Cl)cc3)c(=O)[nH]n1C2c1ccccc1. The Kier molecular flexibility index (Phi) is 4.86. The van der Waals surface area contributed by atoms with Gasteiger partial charge in [0.05, 0.1) is 5.69 Å². The Morgan fingerprint density at radius 2 is 1.72 bits per heavy atom. The quantitative estimate of drug-likeness (QED) is 0.489. The van der Waals surface area contributed by atoms with Gasteiger partial charge < -0.3 is 5.32 Å². The summed E-state index contributed by atoms with van der Waals surface area (Å²) in [6.45, 7) is 4.15. The first-order valence-electron chi connectivity index (χ1n) is 10.4. The number of hydrogen-bond donors (Lipinski definition) is 2. The van der Waals surface area contributed by atoms with Crippen molar-refractivity contribution in [2.24, 2.45) is 15.6 Å². The first-order chi connectivity index (χ1) is 15.3. The highest BCUT2D eigenvalue weighted by molar-refractivity contribution is 6.30. The molecule has 2 aromatic carbocycles. The van der Waals surface area contributed by atoms with Crippen molar-refractivity contribution in [1.29, 1.82) is 0 Å². The maximum atomic E-state index is 13.2. The molecule has 0 saturated carbocycles. The van der Waals surface area contributed by atoms with E-state index in [1.807, 2.05) is 30.3 Å². The van der Waals surface area contributed by atoms with E-state index in [1.54, 1.807) is 28.9 Å². The maximum absolute atomic E-state index is 13.2. The summed E-state index contributed by atoms with van der Waals surface area (Å²) in [5.41, 5.74) is 2.65. The van der Waals surface area contributed by atoms with E-state index in [9.17, 15) is 9.59 Å². The van der Waals surface area contributed by atoms with Gasteiger partial charge in [-0.3, -0.25) is 19.4 Å². The number of ketones is 1.